The number of fused-ring (bicyclic) bond motifs is 1. The topological polar surface area (TPSA) is 87.7 Å². The van der Waals surface area contributed by atoms with Crippen LogP contribution in [0.15, 0.2) is 46.5 Å². The number of ether oxygens (including phenoxy) is 1. The molecule has 2 aromatic heterocycles. The van der Waals surface area contributed by atoms with E-state index in [9.17, 15) is 14.4 Å². The van der Waals surface area contributed by atoms with Crippen molar-refractivity contribution in [3.05, 3.63) is 69.0 Å². The van der Waals surface area contributed by atoms with E-state index in [4.69, 9.17) is 4.74 Å². The fourth-order valence-corrected chi connectivity index (χ4v) is 3.95. The third kappa shape index (κ3) is 3.84. The van der Waals surface area contributed by atoms with Crippen LogP contribution in [0.5, 0.6) is 0 Å². The standard InChI is InChI=1S/C24H28N4O4/c1-7-14-32-23(30)18-15(4)25-21-20(22(29)27(6)24(31)26(21)5)19(18)16-10-12-17(13-11-16)28(8-2)9-3/h7,10-13H,1,8-9,14H2,2-6H3/p+1. The average Bonchev–Trinajstić information content (AvgIpc) is 2.80. The Morgan fingerprint density at radius 3 is 2.31 bits per heavy atom. The van der Waals surface area contributed by atoms with Gasteiger partial charge in [0.15, 0.2) is 0 Å². The predicted octanol–water partition coefficient (Wildman–Crippen LogP) is 2.22. The Kier molecular flexibility index (Phi) is 6.62. The number of aromatic amines is 1. The maximum Gasteiger partial charge on any atom is 0.417 e. The lowest BCUT2D eigenvalue weighted by Gasteiger charge is -2.21. The number of hydrogen-bond acceptors (Lipinski definition) is 5. The number of aromatic nitrogens is 3. The van der Waals surface area contributed by atoms with Crippen molar-refractivity contribution in [1.82, 2.24) is 9.13 Å². The summed E-state index contributed by atoms with van der Waals surface area (Å²) in [6, 6.07) is 7.70. The van der Waals surface area contributed by atoms with Gasteiger partial charge in [0.05, 0.1) is 7.05 Å². The van der Waals surface area contributed by atoms with Crippen LogP contribution in [0.2, 0.25) is 0 Å². The van der Waals surface area contributed by atoms with E-state index in [2.05, 4.69) is 30.3 Å². The highest BCUT2D eigenvalue weighted by Crippen LogP contribution is 2.31. The average molecular weight is 438 g/mol. The Bertz CT molecular complexity index is 1300. The number of H-pyrrole nitrogens is 1. The third-order valence-electron chi connectivity index (χ3n) is 5.67. The number of hydrogen-bond donors (Lipinski definition) is 0. The highest BCUT2D eigenvalue weighted by atomic mass is 16.5. The first-order valence-corrected chi connectivity index (χ1v) is 10.6. The van der Waals surface area contributed by atoms with E-state index in [-0.39, 0.29) is 17.6 Å². The van der Waals surface area contributed by atoms with Crippen molar-refractivity contribution in [3.63, 3.8) is 0 Å². The largest absolute Gasteiger partial charge is 0.458 e. The molecule has 0 spiro atoms. The maximum atomic E-state index is 13.2. The molecule has 0 radical (unpaired) electrons. The minimum absolute atomic E-state index is 0.0436. The van der Waals surface area contributed by atoms with E-state index >= 15 is 0 Å². The number of carbonyl (C=O) groups is 1. The molecule has 0 fully saturated rings. The summed E-state index contributed by atoms with van der Waals surface area (Å²) in [5.74, 6) is -0.570. The molecule has 2 heterocycles. The molecule has 1 N–H and O–H groups in total. The maximum absolute atomic E-state index is 13.2. The van der Waals surface area contributed by atoms with Gasteiger partial charge in [-0.25, -0.2) is 19.1 Å². The number of benzene rings is 1. The van der Waals surface area contributed by atoms with Gasteiger partial charge in [0.1, 0.15) is 23.3 Å². The number of carbonyl (C=O) groups excluding carboxylic acids is 1. The van der Waals surface area contributed by atoms with Crippen LogP contribution in [0, 0.1) is 6.92 Å². The van der Waals surface area contributed by atoms with Crippen molar-refractivity contribution < 1.29 is 14.5 Å². The fourth-order valence-electron chi connectivity index (χ4n) is 3.95. The van der Waals surface area contributed by atoms with Gasteiger partial charge < -0.3 is 9.64 Å². The Hall–Kier alpha value is -3.68. The van der Waals surface area contributed by atoms with Crippen LogP contribution in [-0.2, 0) is 18.8 Å². The highest BCUT2D eigenvalue weighted by Gasteiger charge is 2.28. The van der Waals surface area contributed by atoms with E-state index in [1.165, 1.54) is 17.7 Å². The lowest BCUT2D eigenvalue weighted by Crippen LogP contribution is -2.40. The van der Waals surface area contributed by atoms with Crippen LogP contribution in [0.4, 0.5) is 5.69 Å². The normalized spacial score (nSPS) is 10.9. The Labute approximate surface area is 186 Å². The van der Waals surface area contributed by atoms with E-state index < -0.39 is 17.2 Å². The second kappa shape index (κ2) is 9.21. The Morgan fingerprint density at radius 2 is 1.75 bits per heavy atom. The molecule has 0 aliphatic rings. The van der Waals surface area contributed by atoms with Crippen LogP contribution in [0.3, 0.4) is 0 Å². The quantitative estimate of drug-likeness (QED) is 0.418. The van der Waals surface area contributed by atoms with Crippen molar-refractivity contribution in [3.8, 4) is 11.1 Å². The van der Waals surface area contributed by atoms with Gasteiger partial charge in [-0.3, -0.25) is 4.79 Å². The van der Waals surface area contributed by atoms with Crippen molar-refractivity contribution >= 4 is 22.7 Å². The molecule has 0 saturated heterocycles. The van der Waals surface area contributed by atoms with Crippen LogP contribution >= 0.6 is 0 Å². The zero-order valence-electron chi connectivity index (χ0n) is 19.2. The summed E-state index contributed by atoms with van der Waals surface area (Å²) in [5.41, 5.74) is 2.32. The monoisotopic (exact) mass is 437 g/mol. The second-order valence-corrected chi connectivity index (χ2v) is 7.54. The van der Waals surface area contributed by atoms with Gasteiger partial charge in [-0.05, 0) is 38.5 Å². The predicted molar refractivity (Wildman–Crippen MR) is 125 cm³/mol. The minimum atomic E-state index is -0.570. The van der Waals surface area contributed by atoms with Crippen LogP contribution < -0.4 is 21.1 Å². The zero-order valence-corrected chi connectivity index (χ0v) is 19.2. The summed E-state index contributed by atoms with van der Waals surface area (Å²) < 4.78 is 7.74. The minimum Gasteiger partial charge on any atom is -0.458 e. The molecule has 0 aliphatic heterocycles. The van der Waals surface area contributed by atoms with Crippen LogP contribution in [0.1, 0.15) is 29.9 Å². The number of aryl methyl sites for hydroxylation is 2. The van der Waals surface area contributed by atoms with Crippen molar-refractivity contribution in [1.29, 1.82) is 0 Å². The van der Waals surface area contributed by atoms with Gasteiger partial charge in [0.25, 0.3) is 11.2 Å². The SMILES string of the molecule is C=CCOC(=O)c1c(C)[nH+]c2c(c1-c1ccc(N(CC)CC)cc1)c(=O)n(C)c(=O)n2C. The van der Waals surface area contributed by atoms with Crippen LogP contribution in [-0.4, -0.2) is 34.8 Å². The molecule has 0 saturated carbocycles. The Morgan fingerprint density at radius 1 is 1.12 bits per heavy atom. The van der Waals surface area contributed by atoms with E-state index in [1.807, 2.05) is 24.3 Å². The molecule has 8 heteroatoms. The van der Waals surface area contributed by atoms with E-state index in [1.54, 1.807) is 14.0 Å². The molecule has 168 valence electrons. The van der Waals surface area contributed by atoms with Crippen molar-refractivity contribution in [2.24, 2.45) is 14.1 Å². The number of pyridine rings is 1. The highest BCUT2D eigenvalue weighted by molar-refractivity contribution is 6.06. The van der Waals surface area contributed by atoms with Gasteiger partial charge >= 0.3 is 11.7 Å². The summed E-state index contributed by atoms with van der Waals surface area (Å²) in [7, 11) is 3.01. The molecule has 0 amide bonds. The molecule has 0 aliphatic carbocycles. The second-order valence-electron chi connectivity index (χ2n) is 7.54. The molecule has 32 heavy (non-hydrogen) atoms. The van der Waals surface area contributed by atoms with Gasteiger partial charge in [-0.2, -0.15) is 4.57 Å². The molecule has 0 bridgehead atoms. The number of rotatable bonds is 7. The first kappa shape index (κ1) is 23.0. The molecular weight excluding hydrogens is 408 g/mol. The molecule has 3 aromatic rings. The smallest absolute Gasteiger partial charge is 0.417 e. The van der Waals surface area contributed by atoms with Crippen LogP contribution in [0.25, 0.3) is 22.2 Å². The summed E-state index contributed by atoms with van der Waals surface area (Å²) in [6.07, 6.45) is 1.49. The van der Waals surface area contributed by atoms with Crippen molar-refractivity contribution in [2.75, 3.05) is 24.6 Å². The van der Waals surface area contributed by atoms with Crippen molar-refractivity contribution in [2.45, 2.75) is 20.8 Å². The molecule has 8 nitrogen and oxygen atoms in total. The lowest BCUT2D eigenvalue weighted by atomic mass is 9.95. The molecule has 1 aromatic carbocycles. The zero-order chi connectivity index (χ0) is 23.6. The first-order chi connectivity index (χ1) is 15.3. The Balaban J connectivity index is 2.42. The number of nitrogens with one attached hydrogen (secondary N) is 1. The lowest BCUT2D eigenvalue weighted by molar-refractivity contribution is -0.359. The first-order valence-electron chi connectivity index (χ1n) is 10.6. The summed E-state index contributed by atoms with van der Waals surface area (Å²) >= 11 is 0. The van der Waals surface area contributed by atoms with Gasteiger partial charge in [-0.15, -0.1) is 0 Å². The van der Waals surface area contributed by atoms with Gasteiger partial charge in [0, 0.05) is 31.4 Å². The molecule has 3 rings (SSSR count). The number of anilines is 1. The molecule has 0 unspecified atom stereocenters. The summed E-state index contributed by atoms with van der Waals surface area (Å²) in [5, 5.41) is 0.251. The van der Waals surface area contributed by atoms with Gasteiger partial charge in [0.2, 0.25) is 0 Å². The summed E-state index contributed by atoms with van der Waals surface area (Å²) in [4.78, 5) is 44.0. The fraction of sp³-hybridized carbons (Fsp3) is 0.333. The third-order valence-corrected chi connectivity index (χ3v) is 5.67. The number of nitrogens with zero attached hydrogens (tertiary/aromatic N) is 3. The summed E-state index contributed by atoms with van der Waals surface area (Å²) in [6.45, 7) is 11.2. The molecule has 0 atom stereocenters. The van der Waals surface area contributed by atoms with E-state index in [0.717, 1.165) is 23.3 Å². The van der Waals surface area contributed by atoms with Gasteiger partial charge in [-0.1, -0.05) is 24.8 Å². The number of esters is 1. The molecular formula is C24H29N4O4+. The van der Waals surface area contributed by atoms with E-state index in [0.29, 0.717) is 22.5 Å².